The molecule has 24 heavy (non-hydrogen) atoms. The van der Waals surface area contributed by atoms with Crippen LogP contribution in [-0.4, -0.2) is 50.9 Å². The molecule has 0 aliphatic heterocycles. The Morgan fingerprint density at radius 3 is 2.29 bits per heavy atom. The molecule has 0 spiro atoms. The molecule has 0 saturated carbocycles. The molecule has 0 aliphatic rings. The minimum absolute atomic E-state index is 0.114. The number of carbonyl (C=O) groups is 2. The van der Waals surface area contributed by atoms with E-state index in [0.717, 1.165) is 17.1 Å². The van der Waals surface area contributed by atoms with Crippen LogP contribution in [0.15, 0.2) is 18.2 Å². The highest BCUT2D eigenvalue weighted by molar-refractivity contribution is 6.21. The monoisotopic (exact) mass is 338 g/mol. The number of methoxy groups -OCH3 is 2. The van der Waals surface area contributed by atoms with Crippen LogP contribution >= 0.6 is 0 Å². The van der Waals surface area contributed by atoms with Crippen molar-refractivity contribution in [1.29, 1.82) is 5.41 Å². The fraction of sp³-hybridized carbons (Fsp3) is 0.471. The molecule has 7 nitrogen and oxygen atoms in total. The molecular weight excluding hydrogens is 312 g/mol. The maximum atomic E-state index is 11.5. The van der Waals surface area contributed by atoms with Gasteiger partial charge in [0.2, 0.25) is 5.91 Å². The molecule has 0 saturated heterocycles. The average molecular weight is 338 g/mol. The number of hydrogen-bond donors (Lipinski definition) is 1. The molecule has 134 valence electrons. The van der Waals surface area contributed by atoms with Crippen LogP contribution in [0, 0.1) is 5.41 Å². The molecule has 0 fully saturated rings. The van der Waals surface area contributed by atoms with Crippen molar-refractivity contribution in [1.82, 2.24) is 4.90 Å². The van der Waals surface area contributed by atoms with Crippen molar-refractivity contribution in [2.75, 3.05) is 27.9 Å². The molecule has 1 aromatic rings. The Morgan fingerprint density at radius 1 is 1.21 bits per heavy atom. The van der Waals surface area contributed by atoms with Gasteiger partial charge >= 0.3 is 5.97 Å². The molecule has 1 aromatic carbocycles. The normalized spacial score (nSPS) is 9.21. The van der Waals surface area contributed by atoms with Gasteiger partial charge in [0.1, 0.15) is 17.7 Å². The van der Waals surface area contributed by atoms with Crippen LogP contribution < -0.4 is 9.47 Å². The smallest absolute Gasteiger partial charge is 0.348 e. The summed E-state index contributed by atoms with van der Waals surface area (Å²) in [6, 6.07) is 5.60. The van der Waals surface area contributed by atoms with Gasteiger partial charge in [0.15, 0.2) is 0 Å². The van der Waals surface area contributed by atoms with Gasteiger partial charge in [-0.2, -0.15) is 0 Å². The van der Waals surface area contributed by atoms with Crippen LogP contribution in [0.2, 0.25) is 0 Å². The zero-order valence-corrected chi connectivity index (χ0v) is 14.9. The molecule has 0 aromatic heterocycles. The molecule has 0 radical (unpaired) electrons. The summed E-state index contributed by atoms with van der Waals surface area (Å²) in [5, 5.41) is 6.31. The Kier molecular flexibility index (Phi) is 10.6. The maximum absolute atomic E-state index is 11.5. The van der Waals surface area contributed by atoms with Crippen molar-refractivity contribution in [2.24, 2.45) is 0 Å². The zero-order chi connectivity index (χ0) is 18.5. The first-order chi connectivity index (χ1) is 11.4. The van der Waals surface area contributed by atoms with Gasteiger partial charge in [-0.15, -0.1) is 0 Å². The van der Waals surface area contributed by atoms with Crippen molar-refractivity contribution in [3.05, 3.63) is 23.8 Å². The number of nitrogens with zero attached hydrogens (tertiary/aromatic N) is 1. The highest BCUT2D eigenvalue weighted by Gasteiger charge is 2.11. The first-order valence-electron chi connectivity index (χ1n) is 7.55. The van der Waals surface area contributed by atoms with Crippen molar-refractivity contribution >= 4 is 18.1 Å². The van der Waals surface area contributed by atoms with E-state index in [0.29, 0.717) is 25.8 Å². The van der Waals surface area contributed by atoms with E-state index in [4.69, 9.17) is 14.9 Å². The molecule has 7 heteroatoms. The fourth-order valence-electron chi connectivity index (χ4n) is 1.78. The largest absolute Gasteiger partial charge is 0.497 e. The molecule has 1 N–H and O–H groups in total. The molecule has 0 unspecified atom stereocenters. The lowest BCUT2D eigenvalue weighted by molar-refractivity contribution is -0.134. The van der Waals surface area contributed by atoms with Crippen molar-refractivity contribution < 1.29 is 23.8 Å². The maximum Gasteiger partial charge on any atom is 0.348 e. The first-order valence-corrected chi connectivity index (χ1v) is 7.55. The number of esters is 1. The van der Waals surface area contributed by atoms with Crippen LogP contribution in [0.25, 0.3) is 0 Å². The highest BCUT2D eigenvalue weighted by atomic mass is 16.5. The Hall–Kier alpha value is -2.57. The van der Waals surface area contributed by atoms with Crippen molar-refractivity contribution in [2.45, 2.75) is 26.8 Å². The summed E-state index contributed by atoms with van der Waals surface area (Å²) in [4.78, 5) is 23.1. The molecular formula is C17H26N2O5. The van der Waals surface area contributed by atoms with E-state index in [1.165, 1.54) is 0 Å². The third kappa shape index (κ3) is 7.62. The lowest BCUT2D eigenvalue weighted by Crippen LogP contribution is -2.25. The van der Waals surface area contributed by atoms with E-state index >= 15 is 0 Å². The molecule has 0 aliphatic carbocycles. The standard InChI is InChI=1S/C13H19NO3.C4H7NO2/c1-5-13(15)14(2)9-10-6-7-11(16-3)8-12(10)17-4;1-2-7-4(6)3-5/h6-8H,5,9H2,1-4H3;3,5H,2H2,1H3. The van der Waals surface area contributed by atoms with Gasteiger partial charge in [0.25, 0.3) is 0 Å². The molecule has 0 atom stereocenters. The fourth-order valence-corrected chi connectivity index (χ4v) is 1.78. The number of nitrogens with one attached hydrogen (secondary N) is 1. The topological polar surface area (TPSA) is 88.9 Å². The van der Waals surface area contributed by atoms with Crippen LogP contribution in [-0.2, 0) is 20.9 Å². The van der Waals surface area contributed by atoms with Gasteiger partial charge in [-0.25, -0.2) is 4.79 Å². The second kappa shape index (κ2) is 11.9. The van der Waals surface area contributed by atoms with E-state index in [9.17, 15) is 9.59 Å². The number of amides is 1. The van der Waals surface area contributed by atoms with E-state index in [2.05, 4.69) is 4.74 Å². The summed E-state index contributed by atoms with van der Waals surface area (Å²) in [6.07, 6.45) is 1.15. The van der Waals surface area contributed by atoms with E-state index in [1.54, 1.807) is 33.1 Å². The molecule has 1 amide bonds. The second-order valence-electron chi connectivity index (χ2n) is 4.68. The third-order valence-electron chi connectivity index (χ3n) is 3.03. The molecule has 0 heterocycles. The number of carbonyl (C=O) groups excluding carboxylic acids is 2. The second-order valence-corrected chi connectivity index (χ2v) is 4.68. The molecule has 1 rings (SSSR count). The van der Waals surface area contributed by atoms with Crippen LogP contribution in [0.3, 0.4) is 0 Å². The number of ether oxygens (including phenoxy) is 3. The molecule has 0 bridgehead atoms. The number of hydrogen-bond acceptors (Lipinski definition) is 6. The van der Waals surface area contributed by atoms with E-state index < -0.39 is 5.97 Å². The Bertz CT molecular complexity index is 546. The number of benzene rings is 1. The predicted octanol–water partition coefficient (Wildman–Crippen LogP) is 2.27. The lowest BCUT2D eigenvalue weighted by Gasteiger charge is -2.18. The minimum atomic E-state index is -0.581. The van der Waals surface area contributed by atoms with Gasteiger partial charge in [-0.05, 0) is 19.1 Å². The van der Waals surface area contributed by atoms with E-state index in [1.807, 2.05) is 25.1 Å². The van der Waals surface area contributed by atoms with Crippen LogP contribution in [0.1, 0.15) is 25.8 Å². The van der Waals surface area contributed by atoms with Gasteiger partial charge in [0, 0.05) is 31.6 Å². The lowest BCUT2D eigenvalue weighted by atomic mass is 10.1. The van der Waals surface area contributed by atoms with Gasteiger partial charge < -0.3 is 24.5 Å². The summed E-state index contributed by atoms with van der Waals surface area (Å²) in [5.41, 5.74) is 0.970. The average Bonchev–Trinajstić information content (AvgIpc) is 2.61. The van der Waals surface area contributed by atoms with Crippen LogP contribution in [0.4, 0.5) is 0 Å². The van der Waals surface area contributed by atoms with Gasteiger partial charge in [0.05, 0.1) is 20.8 Å². The van der Waals surface area contributed by atoms with E-state index in [-0.39, 0.29) is 5.91 Å². The van der Waals surface area contributed by atoms with Gasteiger partial charge in [-0.3, -0.25) is 4.79 Å². The number of rotatable bonds is 7. The SMILES string of the molecule is CCC(=O)N(C)Cc1ccc(OC)cc1OC.CCOC(=O)C=N. The minimum Gasteiger partial charge on any atom is -0.497 e. The summed E-state index contributed by atoms with van der Waals surface area (Å²) < 4.78 is 14.7. The Labute approximate surface area is 143 Å². The Morgan fingerprint density at radius 2 is 1.88 bits per heavy atom. The third-order valence-corrected chi connectivity index (χ3v) is 3.03. The van der Waals surface area contributed by atoms with Crippen molar-refractivity contribution in [3.63, 3.8) is 0 Å². The first kappa shape index (κ1) is 21.4. The quantitative estimate of drug-likeness (QED) is 0.608. The zero-order valence-electron chi connectivity index (χ0n) is 14.9. The Balaban J connectivity index is 0.000000640. The van der Waals surface area contributed by atoms with Crippen LogP contribution in [0.5, 0.6) is 11.5 Å². The van der Waals surface area contributed by atoms with Gasteiger partial charge in [-0.1, -0.05) is 6.92 Å². The summed E-state index contributed by atoms with van der Waals surface area (Å²) in [5.74, 6) is 1.01. The summed E-state index contributed by atoms with van der Waals surface area (Å²) >= 11 is 0. The summed E-state index contributed by atoms with van der Waals surface area (Å²) in [6.45, 7) is 4.43. The van der Waals surface area contributed by atoms with Crippen molar-refractivity contribution in [3.8, 4) is 11.5 Å². The predicted molar refractivity (Wildman–Crippen MR) is 91.7 cm³/mol. The highest BCUT2D eigenvalue weighted by Crippen LogP contribution is 2.25. The summed E-state index contributed by atoms with van der Waals surface area (Å²) in [7, 11) is 5.01.